The zero-order chi connectivity index (χ0) is 14.9. The average molecular weight is 297 g/mol. The molecule has 1 fully saturated rings. The predicted octanol–water partition coefficient (Wildman–Crippen LogP) is 1.60. The number of aliphatic carboxylic acids is 1. The maximum absolute atomic E-state index is 12.4. The number of carboxylic acids is 1. The fourth-order valence-electron chi connectivity index (χ4n) is 2.55. The second-order valence-corrected chi connectivity index (χ2v) is 7.77. The van der Waals surface area contributed by atoms with Gasteiger partial charge in [0.1, 0.15) is 0 Å². The summed E-state index contributed by atoms with van der Waals surface area (Å²) in [6, 6.07) is 6.23. The lowest BCUT2D eigenvalue weighted by molar-refractivity contribution is -0.142. The zero-order valence-electron chi connectivity index (χ0n) is 11.5. The van der Waals surface area contributed by atoms with Crippen LogP contribution in [0.2, 0.25) is 0 Å². The van der Waals surface area contributed by atoms with Crippen molar-refractivity contribution >= 4 is 15.8 Å². The van der Waals surface area contributed by atoms with Crippen molar-refractivity contribution in [1.29, 1.82) is 0 Å². The largest absolute Gasteiger partial charge is 0.481 e. The molecule has 1 aromatic carbocycles. The Kier molecular flexibility index (Phi) is 4.15. The minimum Gasteiger partial charge on any atom is -0.481 e. The Hall–Kier alpha value is -1.40. The predicted molar refractivity (Wildman–Crippen MR) is 75.3 cm³/mol. The number of nitrogens with one attached hydrogen (secondary N) is 1. The van der Waals surface area contributed by atoms with Gasteiger partial charge in [-0.05, 0) is 38.4 Å². The Balaban J connectivity index is 2.51. The second-order valence-electron chi connectivity index (χ2n) is 5.30. The van der Waals surface area contributed by atoms with Gasteiger partial charge < -0.3 is 10.4 Å². The first-order chi connectivity index (χ1) is 9.35. The molecule has 1 heterocycles. The van der Waals surface area contributed by atoms with Crippen molar-refractivity contribution in [2.75, 3.05) is 6.54 Å². The molecule has 2 rings (SSSR count). The normalized spacial score (nSPS) is 23.1. The molecule has 5 nitrogen and oxygen atoms in total. The maximum Gasteiger partial charge on any atom is 0.308 e. The van der Waals surface area contributed by atoms with Gasteiger partial charge in [-0.1, -0.05) is 18.2 Å². The van der Waals surface area contributed by atoms with Crippen LogP contribution < -0.4 is 5.32 Å². The molecular formula is C14H19NO4S. The van der Waals surface area contributed by atoms with Gasteiger partial charge in [0.25, 0.3) is 0 Å². The van der Waals surface area contributed by atoms with E-state index in [1.165, 1.54) is 0 Å². The molecule has 1 aliphatic heterocycles. The Morgan fingerprint density at radius 2 is 2.00 bits per heavy atom. The Morgan fingerprint density at radius 1 is 1.35 bits per heavy atom. The van der Waals surface area contributed by atoms with Crippen LogP contribution >= 0.6 is 0 Å². The molecule has 0 aliphatic carbocycles. The highest BCUT2D eigenvalue weighted by Gasteiger charge is 2.37. The van der Waals surface area contributed by atoms with Crippen LogP contribution in [0.4, 0.5) is 0 Å². The molecule has 2 unspecified atom stereocenters. The highest BCUT2D eigenvalue weighted by molar-refractivity contribution is 7.92. The molecule has 0 aromatic heterocycles. The minimum atomic E-state index is -3.43. The Bertz CT molecular complexity index is 609. The number of carbonyl (C=O) groups is 1. The van der Waals surface area contributed by atoms with Gasteiger partial charge in [0.05, 0.1) is 16.1 Å². The van der Waals surface area contributed by atoms with E-state index in [2.05, 4.69) is 5.32 Å². The van der Waals surface area contributed by atoms with E-state index in [1.807, 2.05) is 0 Å². The molecule has 1 aliphatic rings. The fraction of sp³-hybridized carbons (Fsp3) is 0.500. The van der Waals surface area contributed by atoms with Gasteiger partial charge in [0.15, 0.2) is 9.84 Å². The average Bonchev–Trinajstić information content (AvgIpc) is 2.87. The molecule has 110 valence electrons. The van der Waals surface area contributed by atoms with Crippen LogP contribution in [-0.2, 0) is 14.6 Å². The minimum absolute atomic E-state index is 0.237. The van der Waals surface area contributed by atoms with Gasteiger partial charge in [-0.25, -0.2) is 8.42 Å². The molecule has 0 bridgehead atoms. The molecule has 0 radical (unpaired) electrons. The molecule has 0 saturated carbocycles. The highest BCUT2D eigenvalue weighted by Crippen LogP contribution is 2.34. The van der Waals surface area contributed by atoms with E-state index in [0.717, 1.165) is 0 Å². The summed E-state index contributed by atoms with van der Waals surface area (Å²) in [5.74, 6) is -1.48. The van der Waals surface area contributed by atoms with Crippen LogP contribution in [0.25, 0.3) is 0 Å². The number of rotatable bonds is 4. The summed E-state index contributed by atoms with van der Waals surface area (Å²) in [6.07, 6.45) is 0.510. The van der Waals surface area contributed by atoms with E-state index in [0.29, 0.717) is 18.5 Å². The lowest BCUT2D eigenvalue weighted by Gasteiger charge is -2.21. The molecule has 2 N–H and O–H groups in total. The lowest BCUT2D eigenvalue weighted by atomic mass is 9.94. The summed E-state index contributed by atoms with van der Waals surface area (Å²) < 4.78 is 24.8. The van der Waals surface area contributed by atoms with Crippen molar-refractivity contribution in [2.24, 2.45) is 5.92 Å². The van der Waals surface area contributed by atoms with Gasteiger partial charge >= 0.3 is 5.97 Å². The van der Waals surface area contributed by atoms with Gasteiger partial charge in [-0.15, -0.1) is 0 Å². The molecule has 1 aromatic rings. The number of hydrogen-bond donors (Lipinski definition) is 2. The van der Waals surface area contributed by atoms with Crippen molar-refractivity contribution in [2.45, 2.75) is 36.5 Å². The van der Waals surface area contributed by atoms with E-state index >= 15 is 0 Å². The van der Waals surface area contributed by atoms with E-state index in [9.17, 15) is 18.3 Å². The topological polar surface area (TPSA) is 83.5 Å². The third kappa shape index (κ3) is 2.58. The third-order valence-electron chi connectivity index (χ3n) is 3.72. The van der Waals surface area contributed by atoms with Crippen molar-refractivity contribution < 1.29 is 18.3 Å². The molecule has 20 heavy (non-hydrogen) atoms. The van der Waals surface area contributed by atoms with E-state index in [4.69, 9.17) is 0 Å². The van der Waals surface area contributed by atoms with Gasteiger partial charge in [0, 0.05) is 6.04 Å². The van der Waals surface area contributed by atoms with Crippen molar-refractivity contribution in [3.63, 3.8) is 0 Å². The van der Waals surface area contributed by atoms with Crippen molar-refractivity contribution in [3.05, 3.63) is 29.8 Å². The SMILES string of the molecule is CC(C)S(=O)(=O)c1ccccc1C1NCCC1C(=O)O. The standard InChI is InChI=1S/C14H19NO4S/c1-9(2)20(18,19)12-6-4-3-5-10(12)13-11(14(16)17)7-8-15-13/h3-6,9,11,13,15H,7-8H2,1-2H3,(H,16,17). The van der Waals surface area contributed by atoms with Crippen molar-refractivity contribution in [3.8, 4) is 0 Å². The summed E-state index contributed by atoms with van der Waals surface area (Å²) >= 11 is 0. The molecule has 2 atom stereocenters. The quantitative estimate of drug-likeness (QED) is 0.882. The van der Waals surface area contributed by atoms with Crippen LogP contribution in [0.1, 0.15) is 31.9 Å². The summed E-state index contributed by atoms with van der Waals surface area (Å²) in [5.41, 5.74) is 0.561. The Labute approximate surface area is 118 Å². The molecule has 0 spiro atoms. The smallest absolute Gasteiger partial charge is 0.308 e. The first-order valence-electron chi connectivity index (χ1n) is 6.64. The van der Waals surface area contributed by atoms with Crippen LogP contribution in [0.3, 0.4) is 0 Å². The first-order valence-corrected chi connectivity index (χ1v) is 8.19. The number of benzene rings is 1. The lowest BCUT2D eigenvalue weighted by Crippen LogP contribution is -2.26. The van der Waals surface area contributed by atoms with Crippen LogP contribution in [0.15, 0.2) is 29.2 Å². The molecule has 1 saturated heterocycles. The number of hydrogen-bond acceptors (Lipinski definition) is 4. The summed E-state index contributed by atoms with van der Waals surface area (Å²) in [7, 11) is -3.43. The van der Waals surface area contributed by atoms with E-state index in [-0.39, 0.29) is 4.90 Å². The second kappa shape index (κ2) is 5.54. The van der Waals surface area contributed by atoms with Gasteiger partial charge in [0.2, 0.25) is 0 Å². The summed E-state index contributed by atoms with van der Waals surface area (Å²) in [5, 5.41) is 11.8. The van der Waals surface area contributed by atoms with E-state index in [1.54, 1.807) is 38.1 Å². The van der Waals surface area contributed by atoms with Crippen LogP contribution in [0.5, 0.6) is 0 Å². The maximum atomic E-state index is 12.4. The van der Waals surface area contributed by atoms with Gasteiger partial charge in [-0.3, -0.25) is 4.79 Å². The van der Waals surface area contributed by atoms with Gasteiger partial charge in [-0.2, -0.15) is 0 Å². The fourth-order valence-corrected chi connectivity index (χ4v) is 3.85. The van der Waals surface area contributed by atoms with Crippen LogP contribution in [-0.4, -0.2) is 31.3 Å². The highest BCUT2D eigenvalue weighted by atomic mass is 32.2. The Morgan fingerprint density at radius 3 is 2.60 bits per heavy atom. The first kappa shape index (κ1) is 15.0. The molecular weight excluding hydrogens is 278 g/mol. The van der Waals surface area contributed by atoms with E-state index < -0.39 is 33.0 Å². The monoisotopic (exact) mass is 297 g/mol. The molecule has 6 heteroatoms. The zero-order valence-corrected chi connectivity index (χ0v) is 12.4. The summed E-state index contributed by atoms with van der Waals surface area (Å²) in [6.45, 7) is 3.84. The van der Waals surface area contributed by atoms with Crippen LogP contribution in [0, 0.1) is 5.92 Å². The number of carboxylic acid groups (broad SMARTS) is 1. The number of sulfone groups is 1. The van der Waals surface area contributed by atoms with Crippen molar-refractivity contribution in [1.82, 2.24) is 5.32 Å². The third-order valence-corrected chi connectivity index (χ3v) is 5.95. The molecule has 0 amide bonds. The summed E-state index contributed by atoms with van der Waals surface area (Å²) in [4.78, 5) is 11.5.